The highest BCUT2D eigenvalue weighted by molar-refractivity contribution is 5.96. The monoisotopic (exact) mass is 492 g/mol. The van der Waals surface area contributed by atoms with Gasteiger partial charge in [-0.25, -0.2) is 13.8 Å². The molecular formula is C27H26F2N4O3. The Balaban J connectivity index is 1.49. The van der Waals surface area contributed by atoms with Gasteiger partial charge in [0.15, 0.2) is 11.6 Å². The first-order valence-corrected chi connectivity index (χ1v) is 12.2. The van der Waals surface area contributed by atoms with Crippen molar-refractivity contribution in [1.82, 2.24) is 14.7 Å². The van der Waals surface area contributed by atoms with Gasteiger partial charge in [0.25, 0.3) is 0 Å². The van der Waals surface area contributed by atoms with E-state index in [0.29, 0.717) is 18.5 Å². The molecular weight excluding hydrogens is 466 g/mol. The van der Waals surface area contributed by atoms with Gasteiger partial charge in [-0.15, -0.1) is 0 Å². The average molecular weight is 493 g/mol. The van der Waals surface area contributed by atoms with Crippen LogP contribution in [0.4, 0.5) is 14.5 Å². The van der Waals surface area contributed by atoms with Crippen molar-refractivity contribution in [3.8, 4) is 11.1 Å². The van der Waals surface area contributed by atoms with E-state index in [2.05, 4.69) is 9.72 Å². The number of carbonyl (C=O) groups is 1. The van der Waals surface area contributed by atoms with Gasteiger partial charge in [0.1, 0.15) is 11.6 Å². The zero-order chi connectivity index (χ0) is 25.1. The summed E-state index contributed by atoms with van der Waals surface area (Å²) >= 11 is 0. The first-order valence-electron chi connectivity index (χ1n) is 12.2. The summed E-state index contributed by atoms with van der Waals surface area (Å²) in [5, 5.41) is 13.7. The number of hydrogen-bond acceptors (Lipinski definition) is 5. The molecule has 3 heterocycles. The van der Waals surface area contributed by atoms with Crippen LogP contribution in [-0.2, 0) is 4.79 Å². The minimum absolute atomic E-state index is 0.134. The lowest BCUT2D eigenvalue weighted by atomic mass is 9.80. The number of nitrogens with zero attached hydrogens (tertiary/aromatic N) is 4. The van der Waals surface area contributed by atoms with Crippen LogP contribution in [0, 0.1) is 31.4 Å². The number of aliphatic hydroxyl groups is 1. The molecule has 7 nitrogen and oxygen atoms in total. The number of aryl methyl sites for hydroxylation is 2. The molecule has 36 heavy (non-hydrogen) atoms. The van der Waals surface area contributed by atoms with E-state index in [1.165, 1.54) is 11.0 Å². The van der Waals surface area contributed by atoms with Gasteiger partial charge in [-0.05, 0) is 68.9 Å². The number of fused-ring (bicyclic) bond motifs is 1. The van der Waals surface area contributed by atoms with E-state index < -0.39 is 17.7 Å². The number of halogens is 2. The van der Waals surface area contributed by atoms with Crippen molar-refractivity contribution in [2.75, 3.05) is 11.5 Å². The van der Waals surface area contributed by atoms with E-state index in [1.807, 2.05) is 32.0 Å². The number of benzene rings is 2. The third kappa shape index (κ3) is 3.52. The summed E-state index contributed by atoms with van der Waals surface area (Å²) in [6.45, 7) is 3.90. The number of anilines is 1. The van der Waals surface area contributed by atoms with Gasteiger partial charge in [0.2, 0.25) is 5.91 Å². The summed E-state index contributed by atoms with van der Waals surface area (Å²) in [6.07, 6.45) is 2.44. The van der Waals surface area contributed by atoms with Crippen LogP contribution >= 0.6 is 0 Å². The van der Waals surface area contributed by atoms with Crippen LogP contribution in [-0.4, -0.2) is 32.3 Å². The van der Waals surface area contributed by atoms with Crippen molar-refractivity contribution in [2.45, 2.75) is 51.6 Å². The zero-order valence-corrected chi connectivity index (χ0v) is 20.0. The lowest BCUT2D eigenvalue weighted by molar-refractivity contribution is -0.117. The summed E-state index contributed by atoms with van der Waals surface area (Å²) in [6, 6.07) is 9.32. The molecule has 1 unspecified atom stereocenters. The molecule has 0 spiro atoms. The Hall–Kier alpha value is -3.59. The fourth-order valence-electron chi connectivity index (χ4n) is 5.73. The normalized spacial score (nSPS) is 22.0. The van der Waals surface area contributed by atoms with Crippen LogP contribution in [0.5, 0.6) is 0 Å². The van der Waals surface area contributed by atoms with Crippen molar-refractivity contribution < 1.29 is 23.2 Å². The quantitative estimate of drug-likeness (QED) is 0.403. The molecule has 1 aliphatic carbocycles. The van der Waals surface area contributed by atoms with E-state index in [-0.39, 0.29) is 24.5 Å². The minimum Gasteiger partial charge on any atom is -0.396 e. The van der Waals surface area contributed by atoms with Gasteiger partial charge < -0.3 is 19.1 Å². The van der Waals surface area contributed by atoms with E-state index >= 15 is 0 Å². The average Bonchev–Trinajstić information content (AvgIpc) is 3.49. The highest BCUT2D eigenvalue weighted by Crippen LogP contribution is 2.45. The van der Waals surface area contributed by atoms with E-state index in [1.54, 1.807) is 0 Å². The van der Waals surface area contributed by atoms with Gasteiger partial charge in [0.05, 0.1) is 22.8 Å². The molecule has 9 heteroatoms. The maximum absolute atomic E-state index is 14.1. The molecule has 0 radical (unpaired) electrons. The second-order valence-electron chi connectivity index (χ2n) is 9.83. The van der Waals surface area contributed by atoms with Crippen molar-refractivity contribution in [2.24, 2.45) is 5.92 Å². The summed E-state index contributed by atoms with van der Waals surface area (Å²) in [5.41, 5.74) is 4.69. The zero-order valence-electron chi connectivity index (χ0n) is 20.0. The van der Waals surface area contributed by atoms with Gasteiger partial charge in [-0.1, -0.05) is 11.2 Å². The molecule has 2 aliphatic rings. The molecule has 1 aliphatic heterocycles. The highest BCUT2D eigenvalue weighted by Gasteiger charge is 2.40. The molecule has 0 bridgehead atoms. The molecule has 1 atom stereocenters. The van der Waals surface area contributed by atoms with Gasteiger partial charge in [0, 0.05) is 36.4 Å². The molecule has 2 aromatic heterocycles. The number of aliphatic hydroxyl groups excluding tert-OH is 1. The molecule has 4 aromatic rings. The number of aromatic nitrogens is 3. The predicted octanol–water partition coefficient (Wildman–Crippen LogP) is 5.40. The fraction of sp³-hybridized carbons (Fsp3) is 0.370. The predicted molar refractivity (Wildman–Crippen MR) is 129 cm³/mol. The maximum atomic E-state index is 14.1. The van der Waals surface area contributed by atoms with Crippen LogP contribution in [0.1, 0.15) is 55.0 Å². The van der Waals surface area contributed by atoms with E-state index in [4.69, 9.17) is 9.51 Å². The summed E-state index contributed by atoms with van der Waals surface area (Å²) < 4.78 is 35.2. The second-order valence-corrected chi connectivity index (χ2v) is 9.83. The third-order valence-electron chi connectivity index (χ3n) is 7.56. The Morgan fingerprint density at radius 1 is 1.11 bits per heavy atom. The molecule has 1 saturated carbocycles. The summed E-state index contributed by atoms with van der Waals surface area (Å²) in [7, 11) is 0. The largest absolute Gasteiger partial charge is 0.396 e. The molecule has 2 fully saturated rings. The fourth-order valence-corrected chi connectivity index (χ4v) is 5.73. The third-order valence-corrected chi connectivity index (χ3v) is 7.56. The van der Waals surface area contributed by atoms with Crippen molar-refractivity contribution in [3.05, 3.63) is 65.3 Å². The number of rotatable bonds is 5. The standard InChI is InChI=1S/C27H26F2N4O3/c1-14-26(15(2)36-31-14)17-3-6-23-22(11-17)30-27(33(23)19-9-16(10-19)13-34)24-7-8-25(35)32(24)18-4-5-20(28)21(29)12-18/h3-6,11-12,16,19,24,34H,7-10,13H2,1-2H3. The van der Waals surface area contributed by atoms with Crippen molar-refractivity contribution >= 4 is 22.6 Å². The van der Waals surface area contributed by atoms with Crippen molar-refractivity contribution in [3.63, 3.8) is 0 Å². The first-order chi connectivity index (χ1) is 17.4. The smallest absolute Gasteiger partial charge is 0.227 e. The number of carbonyl (C=O) groups excluding carboxylic acids is 1. The Kier molecular flexibility index (Phi) is 5.40. The van der Waals surface area contributed by atoms with Gasteiger partial charge in [-0.3, -0.25) is 4.79 Å². The van der Waals surface area contributed by atoms with E-state index in [9.17, 15) is 18.7 Å². The molecule has 2 aromatic carbocycles. The van der Waals surface area contributed by atoms with Crippen LogP contribution in [0.3, 0.4) is 0 Å². The number of amides is 1. The summed E-state index contributed by atoms with van der Waals surface area (Å²) in [4.78, 5) is 19.5. The molecule has 186 valence electrons. The topological polar surface area (TPSA) is 84.4 Å². The van der Waals surface area contributed by atoms with Crippen LogP contribution < -0.4 is 4.90 Å². The van der Waals surface area contributed by atoms with Crippen molar-refractivity contribution in [1.29, 1.82) is 0 Å². The summed E-state index contributed by atoms with van der Waals surface area (Å²) in [5.74, 6) is -0.420. The van der Waals surface area contributed by atoms with Gasteiger partial charge in [-0.2, -0.15) is 0 Å². The lowest BCUT2D eigenvalue weighted by Gasteiger charge is -2.37. The molecule has 1 amide bonds. The minimum atomic E-state index is -0.992. The lowest BCUT2D eigenvalue weighted by Crippen LogP contribution is -2.34. The Morgan fingerprint density at radius 2 is 1.92 bits per heavy atom. The number of hydrogen-bond donors (Lipinski definition) is 1. The second kappa shape index (κ2) is 8.51. The van der Waals surface area contributed by atoms with Crippen LogP contribution in [0.15, 0.2) is 40.9 Å². The van der Waals surface area contributed by atoms with Gasteiger partial charge >= 0.3 is 0 Å². The highest BCUT2D eigenvalue weighted by atomic mass is 19.2. The number of imidazole rings is 1. The first kappa shape index (κ1) is 22.8. The SMILES string of the molecule is Cc1noc(C)c1-c1ccc2c(c1)nc(C1CCC(=O)N1c1ccc(F)c(F)c1)n2C1CC(CO)C1. The Labute approximate surface area is 206 Å². The maximum Gasteiger partial charge on any atom is 0.227 e. The molecule has 1 N–H and O–H groups in total. The van der Waals surface area contributed by atoms with E-state index in [0.717, 1.165) is 64.4 Å². The molecule has 1 saturated heterocycles. The Bertz CT molecular complexity index is 1470. The van der Waals surface area contributed by atoms with Crippen LogP contribution in [0.2, 0.25) is 0 Å². The van der Waals surface area contributed by atoms with Crippen LogP contribution in [0.25, 0.3) is 22.2 Å². The Morgan fingerprint density at radius 3 is 2.61 bits per heavy atom. The molecule has 6 rings (SSSR count).